The summed E-state index contributed by atoms with van der Waals surface area (Å²) in [6, 6.07) is 15.1. The average molecular weight is 416 g/mol. The van der Waals surface area contributed by atoms with Crippen LogP contribution in [0.2, 0.25) is 0 Å². The van der Waals surface area contributed by atoms with Crippen molar-refractivity contribution in [1.29, 1.82) is 0 Å². The lowest BCUT2D eigenvalue weighted by Gasteiger charge is -2.18. The van der Waals surface area contributed by atoms with Gasteiger partial charge in [0.25, 0.3) is 5.91 Å². The zero-order chi connectivity index (χ0) is 21.1. The van der Waals surface area contributed by atoms with Crippen molar-refractivity contribution in [3.05, 3.63) is 54.6 Å². The SMILES string of the molecule is CSCC[C@H](NC(=O)COc1ccccc1)C(=O)Nc1ccc(NC(C)=O)cc1. The summed E-state index contributed by atoms with van der Waals surface area (Å²) in [6.07, 6.45) is 2.43. The Hall–Kier alpha value is -3.00. The molecule has 0 aliphatic heterocycles. The Bertz CT molecular complexity index is 812. The first-order chi connectivity index (χ1) is 14.0. The number of carbonyl (C=O) groups is 3. The Morgan fingerprint density at radius 3 is 2.17 bits per heavy atom. The van der Waals surface area contributed by atoms with E-state index in [2.05, 4.69) is 16.0 Å². The molecule has 0 radical (unpaired) electrons. The third-order valence-corrected chi connectivity index (χ3v) is 4.49. The topological polar surface area (TPSA) is 96.5 Å². The summed E-state index contributed by atoms with van der Waals surface area (Å²) >= 11 is 1.60. The molecule has 0 aliphatic rings. The van der Waals surface area contributed by atoms with Gasteiger partial charge >= 0.3 is 0 Å². The van der Waals surface area contributed by atoms with Gasteiger partial charge in [-0.15, -0.1) is 0 Å². The highest BCUT2D eigenvalue weighted by molar-refractivity contribution is 7.98. The lowest BCUT2D eigenvalue weighted by molar-refractivity contribution is -0.127. The van der Waals surface area contributed by atoms with Gasteiger partial charge in [0.1, 0.15) is 11.8 Å². The maximum atomic E-state index is 12.6. The maximum Gasteiger partial charge on any atom is 0.258 e. The standard InChI is InChI=1S/C21H25N3O4S/c1-15(25)22-16-8-10-17(11-9-16)23-21(27)19(12-13-29-2)24-20(26)14-28-18-6-4-3-5-7-18/h3-11,19H,12-14H2,1-2H3,(H,22,25)(H,23,27)(H,24,26)/t19-/m0/s1. The van der Waals surface area contributed by atoms with E-state index >= 15 is 0 Å². The number of nitrogens with one attached hydrogen (secondary N) is 3. The van der Waals surface area contributed by atoms with Crippen LogP contribution in [0.4, 0.5) is 11.4 Å². The minimum Gasteiger partial charge on any atom is -0.484 e. The Kier molecular flexibility index (Phi) is 9.04. The molecule has 7 nitrogen and oxygen atoms in total. The van der Waals surface area contributed by atoms with Crippen molar-refractivity contribution in [1.82, 2.24) is 5.32 Å². The normalized spacial score (nSPS) is 11.2. The molecule has 29 heavy (non-hydrogen) atoms. The quantitative estimate of drug-likeness (QED) is 0.554. The largest absolute Gasteiger partial charge is 0.484 e. The molecule has 0 aromatic heterocycles. The fourth-order valence-corrected chi connectivity index (χ4v) is 2.95. The second kappa shape index (κ2) is 11.8. The number of ether oxygens (including phenoxy) is 1. The lowest BCUT2D eigenvalue weighted by Crippen LogP contribution is -2.45. The molecule has 2 rings (SSSR count). The van der Waals surface area contributed by atoms with Gasteiger partial charge < -0.3 is 20.7 Å². The molecule has 154 valence electrons. The summed E-state index contributed by atoms with van der Waals surface area (Å²) in [6.45, 7) is 1.26. The minimum absolute atomic E-state index is 0.167. The summed E-state index contributed by atoms with van der Waals surface area (Å²) in [5, 5.41) is 8.19. The van der Waals surface area contributed by atoms with Crippen molar-refractivity contribution in [3.63, 3.8) is 0 Å². The van der Waals surface area contributed by atoms with E-state index < -0.39 is 6.04 Å². The first-order valence-electron chi connectivity index (χ1n) is 9.12. The molecule has 0 unspecified atom stereocenters. The summed E-state index contributed by atoms with van der Waals surface area (Å²) in [7, 11) is 0. The third kappa shape index (κ3) is 8.27. The van der Waals surface area contributed by atoms with E-state index in [9.17, 15) is 14.4 Å². The number of benzene rings is 2. The Morgan fingerprint density at radius 2 is 1.59 bits per heavy atom. The molecule has 0 aliphatic carbocycles. The van der Waals surface area contributed by atoms with E-state index in [0.29, 0.717) is 23.5 Å². The fraction of sp³-hybridized carbons (Fsp3) is 0.286. The van der Waals surface area contributed by atoms with Crippen LogP contribution in [0.15, 0.2) is 54.6 Å². The Balaban J connectivity index is 1.92. The van der Waals surface area contributed by atoms with E-state index in [1.165, 1.54) is 6.92 Å². The molecule has 2 aromatic carbocycles. The van der Waals surface area contributed by atoms with Gasteiger partial charge in [-0.1, -0.05) is 18.2 Å². The number of anilines is 2. The molecular formula is C21H25N3O4S. The summed E-state index contributed by atoms with van der Waals surface area (Å²) in [4.78, 5) is 36.0. The molecule has 0 saturated heterocycles. The molecule has 0 heterocycles. The highest BCUT2D eigenvalue weighted by atomic mass is 32.2. The molecule has 0 spiro atoms. The zero-order valence-corrected chi connectivity index (χ0v) is 17.3. The summed E-state index contributed by atoms with van der Waals surface area (Å²) in [5.74, 6) is 0.473. The second-order valence-corrected chi connectivity index (χ2v) is 7.24. The molecule has 0 saturated carbocycles. The van der Waals surface area contributed by atoms with Crippen LogP contribution in [0.1, 0.15) is 13.3 Å². The molecule has 8 heteroatoms. The van der Waals surface area contributed by atoms with Gasteiger partial charge in [-0.3, -0.25) is 14.4 Å². The predicted octanol–water partition coefficient (Wildman–Crippen LogP) is 2.90. The Labute approximate surface area is 174 Å². The van der Waals surface area contributed by atoms with Gasteiger partial charge in [0.2, 0.25) is 11.8 Å². The number of carbonyl (C=O) groups excluding carboxylic acids is 3. The number of rotatable bonds is 10. The fourth-order valence-electron chi connectivity index (χ4n) is 2.48. The Morgan fingerprint density at radius 1 is 0.966 bits per heavy atom. The van der Waals surface area contributed by atoms with Crippen LogP contribution < -0.4 is 20.7 Å². The monoisotopic (exact) mass is 415 g/mol. The molecule has 0 fully saturated rings. The van der Waals surface area contributed by atoms with Crippen molar-refractivity contribution in [2.24, 2.45) is 0 Å². The molecular weight excluding hydrogens is 390 g/mol. The average Bonchev–Trinajstić information content (AvgIpc) is 2.71. The minimum atomic E-state index is -0.677. The van der Waals surface area contributed by atoms with Crippen molar-refractivity contribution in [2.75, 3.05) is 29.2 Å². The predicted molar refractivity (Wildman–Crippen MR) is 116 cm³/mol. The zero-order valence-electron chi connectivity index (χ0n) is 16.4. The maximum absolute atomic E-state index is 12.6. The molecule has 1 atom stereocenters. The van der Waals surface area contributed by atoms with Crippen LogP contribution in [-0.2, 0) is 14.4 Å². The van der Waals surface area contributed by atoms with Crippen LogP contribution in [0.3, 0.4) is 0 Å². The van der Waals surface area contributed by atoms with Gasteiger partial charge in [0, 0.05) is 18.3 Å². The smallest absolute Gasteiger partial charge is 0.258 e. The van der Waals surface area contributed by atoms with Gasteiger partial charge in [-0.2, -0.15) is 11.8 Å². The van der Waals surface area contributed by atoms with E-state index in [4.69, 9.17) is 4.74 Å². The van der Waals surface area contributed by atoms with E-state index in [1.807, 2.05) is 24.5 Å². The number of amides is 3. The first kappa shape index (κ1) is 22.3. The molecule has 3 N–H and O–H groups in total. The third-order valence-electron chi connectivity index (χ3n) is 3.85. The van der Waals surface area contributed by atoms with Crippen molar-refractivity contribution < 1.29 is 19.1 Å². The van der Waals surface area contributed by atoms with Gasteiger partial charge in [0.15, 0.2) is 6.61 Å². The van der Waals surface area contributed by atoms with Crippen LogP contribution in [0.25, 0.3) is 0 Å². The van der Waals surface area contributed by atoms with E-state index in [1.54, 1.807) is 48.2 Å². The molecule has 3 amide bonds. The molecule has 2 aromatic rings. The number of para-hydroxylation sites is 1. The van der Waals surface area contributed by atoms with Gasteiger partial charge in [-0.05, 0) is 54.8 Å². The summed E-state index contributed by atoms with van der Waals surface area (Å²) in [5.41, 5.74) is 1.22. The van der Waals surface area contributed by atoms with Crippen LogP contribution >= 0.6 is 11.8 Å². The van der Waals surface area contributed by atoms with E-state index in [-0.39, 0.29) is 24.3 Å². The highest BCUT2D eigenvalue weighted by Crippen LogP contribution is 2.14. The van der Waals surface area contributed by atoms with Crippen LogP contribution in [-0.4, -0.2) is 42.4 Å². The van der Waals surface area contributed by atoms with Crippen molar-refractivity contribution >= 4 is 40.9 Å². The molecule has 0 bridgehead atoms. The second-order valence-electron chi connectivity index (χ2n) is 6.25. The van der Waals surface area contributed by atoms with Crippen LogP contribution in [0.5, 0.6) is 5.75 Å². The van der Waals surface area contributed by atoms with Crippen molar-refractivity contribution in [2.45, 2.75) is 19.4 Å². The number of hydrogen-bond acceptors (Lipinski definition) is 5. The van der Waals surface area contributed by atoms with Crippen molar-refractivity contribution in [3.8, 4) is 5.75 Å². The number of hydrogen-bond donors (Lipinski definition) is 3. The highest BCUT2D eigenvalue weighted by Gasteiger charge is 2.21. The van der Waals surface area contributed by atoms with Gasteiger partial charge in [0.05, 0.1) is 0 Å². The van der Waals surface area contributed by atoms with Crippen LogP contribution in [0, 0.1) is 0 Å². The lowest BCUT2D eigenvalue weighted by atomic mass is 10.2. The van der Waals surface area contributed by atoms with E-state index in [0.717, 1.165) is 5.75 Å². The first-order valence-corrected chi connectivity index (χ1v) is 10.5. The summed E-state index contributed by atoms with van der Waals surface area (Å²) < 4.78 is 5.43. The van der Waals surface area contributed by atoms with Gasteiger partial charge in [-0.25, -0.2) is 0 Å². The number of thioether (sulfide) groups is 1.